The number of carbonyl (C=O) groups is 2. The van der Waals surface area contributed by atoms with Crippen LogP contribution in [0.25, 0.3) is 0 Å². The van der Waals surface area contributed by atoms with Crippen molar-refractivity contribution in [3.8, 4) is 0 Å². The lowest BCUT2D eigenvalue weighted by molar-refractivity contribution is -0.139. The highest BCUT2D eigenvalue weighted by Gasteiger charge is 2.38. The van der Waals surface area contributed by atoms with Crippen LogP contribution < -0.4 is 0 Å². The van der Waals surface area contributed by atoms with Gasteiger partial charge < -0.3 is 10.2 Å². The minimum absolute atomic E-state index is 0.0463. The summed E-state index contributed by atoms with van der Waals surface area (Å²) in [4.78, 5) is 21.4. The van der Waals surface area contributed by atoms with Crippen molar-refractivity contribution in [3.05, 3.63) is 11.6 Å². The van der Waals surface area contributed by atoms with Crippen LogP contribution in [0.3, 0.4) is 0 Å². The third-order valence-corrected chi connectivity index (χ3v) is 3.82. The summed E-state index contributed by atoms with van der Waals surface area (Å²) < 4.78 is 0. The highest BCUT2D eigenvalue weighted by molar-refractivity contribution is 5.92. The second-order valence-corrected chi connectivity index (χ2v) is 4.91. The SMILES string of the molecule is O=C(O)CC(=CC1CC2CCC1C2)C(=O)O. The average Bonchev–Trinajstić information content (AvgIpc) is 2.77. The Morgan fingerprint density at radius 3 is 2.38 bits per heavy atom. The molecule has 0 heterocycles. The van der Waals surface area contributed by atoms with E-state index >= 15 is 0 Å². The van der Waals surface area contributed by atoms with Gasteiger partial charge in [0.25, 0.3) is 0 Å². The Hall–Kier alpha value is -1.32. The van der Waals surface area contributed by atoms with Gasteiger partial charge in [0.2, 0.25) is 0 Å². The van der Waals surface area contributed by atoms with Crippen molar-refractivity contribution in [2.24, 2.45) is 17.8 Å². The lowest BCUT2D eigenvalue weighted by Gasteiger charge is -2.18. The van der Waals surface area contributed by atoms with E-state index in [4.69, 9.17) is 10.2 Å². The lowest BCUT2D eigenvalue weighted by atomic mass is 9.87. The Balaban J connectivity index is 2.07. The molecule has 2 rings (SSSR count). The van der Waals surface area contributed by atoms with Crippen LogP contribution in [-0.2, 0) is 9.59 Å². The summed E-state index contributed by atoms with van der Waals surface area (Å²) >= 11 is 0. The molecule has 2 saturated carbocycles. The fraction of sp³-hybridized carbons (Fsp3) is 0.667. The van der Waals surface area contributed by atoms with Gasteiger partial charge in [0, 0.05) is 5.57 Å². The molecule has 4 heteroatoms. The molecule has 4 nitrogen and oxygen atoms in total. The van der Waals surface area contributed by atoms with Crippen LogP contribution in [0.5, 0.6) is 0 Å². The number of hydrogen-bond donors (Lipinski definition) is 2. The third kappa shape index (κ3) is 2.26. The molecule has 0 spiro atoms. The molecule has 2 bridgehead atoms. The zero-order valence-corrected chi connectivity index (χ0v) is 9.06. The predicted octanol–water partition coefficient (Wildman–Crippen LogP) is 1.91. The maximum atomic E-state index is 10.9. The molecule has 2 fully saturated rings. The van der Waals surface area contributed by atoms with Crippen LogP contribution in [0.2, 0.25) is 0 Å². The third-order valence-electron chi connectivity index (χ3n) is 3.82. The molecule has 88 valence electrons. The van der Waals surface area contributed by atoms with Crippen molar-refractivity contribution in [1.29, 1.82) is 0 Å². The van der Waals surface area contributed by atoms with Crippen LogP contribution in [0.1, 0.15) is 32.1 Å². The topological polar surface area (TPSA) is 74.6 Å². The summed E-state index contributed by atoms with van der Waals surface area (Å²) in [5, 5.41) is 17.6. The number of hydrogen-bond acceptors (Lipinski definition) is 2. The molecular formula is C12H16O4. The van der Waals surface area contributed by atoms with E-state index < -0.39 is 11.9 Å². The van der Waals surface area contributed by atoms with Crippen LogP contribution in [0.15, 0.2) is 11.6 Å². The van der Waals surface area contributed by atoms with E-state index in [1.54, 1.807) is 6.08 Å². The first-order chi connectivity index (χ1) is 7.56. The fourth-order valence-electron chi connectivity index (χ4n) is 3.13. The lowest BCUT2D eigenvalue weighted by Crippen LogP contribution is -2.13. The van der Waals surface area contributed by atoms with Crippen LogP contribution in [-0.4, -0.2) is 22.2 Å². The first kappa shape index (κ1) is 11.2. The molecule has 0 amide bonds. The van der Waals surface area contributed by atoms with Gasteiger partial charge in [-0.25, -0.2) is 4.79 Å². The number of carboxylic acid groups (broad SMARTS) is 2. The van der Waals surface area contributed by atoms with Gasteiger partial charge in [0.05, 0.1) is 6.42 Å². The molecule has 2 aliphatic carbocycles. The van der Waals surface area contributed by atoms with Crippen LogP contribution in [0.4, 0.5) is 0 Å². The van der Waals surface area contributed by atoms with Gasteiger partial charge in [-0.3, -0.25) is 4.79 Å². The molecule has 0 aromatic heterocycles. The van der Waals surface area contributed by atoms with Crippen molar-refractivity contribution >= 4 is 11.9 Å². The standard InChI is InChI=1S/C12H16O4/c13-11(14)6-10(12(15)16)5-9-4-7-1-2-8(9)3-7/h5,7-9H,1-4,6H2,(H,13,14)(H,15,16). The maximum absolute atomic E-state index is 10.9. The number of aliphatic carboxylic acids is 2. The molecule has 0 aliphatic heterocycles. The molecule has 0 saturated heterocycles. The van der Waals surface area contributed by atoms with Crippen LogP contribution in [0, 0.1) is 17.8 Å². The van der Waals surface area contributed by atoms with E-state index in [1.807, 2.05) is 0 Å². The molecule has 0 aromatic carbocycles. The van der Waals surface area contributed by atoms with E-state index in [0.717, 1.165) is 12.3 Å². The second-order valence-electron chi connectivity index (χ2n) is 4.91. The Morgan fingerprint density at radius 1 is 1.19 bits per heavy atom. The summed E-state index contributed by atoms with van der Waals surface area (Å²) in [7, 11) is 0. The van der Waals surface area contributed by atoms with E-state index in [9.17, 15) is 9.59 Å². The summed E-state index contributed by atoms with van der Waals surface area (Å²) in [6.45, 7) is 0. The zero-order valence-electron chi connectivity index (χ0n) is 9.06. The molecule has 3 atom stereocenters. The smallest absolute Gasteiger partial charge is 0.331 e. The van der Waals surface area contributed by atoms with Gasteiger partial charge in [0.15, 0.2) is 0 Å². The highest BCUT2D eigenvalue weighted by Crippen LogP contribution is 2.49. The molecule has 2 aliphatic rings. The van der Waals surface area contributed by atoms with E-state index in [1.165, 1.54) is 19.3 Å². The van der Waals surface area contributed by atoms with Crippen molar-refractivity contribution < 1.29 is 19.8 Å². The fourth-order valence-corrected chi connectivity index (χ4v) is 3.13. The number of fused-ring (bicyclic) bond motifs is 2. The van der Waals surface area contributed by atoms with Crippen molar-refractivity contribution in [2.45, 2.75) is 32.1 Å². The molecule has 0 radical (unpaired) electrons. The summed E-state index contributed by atoms with van der Waals surface area (Å²) in [6, 6.07) is 0. The Kier molecular flexibility index (Phi) is 2.99. The van der Waals surface area contributed by atoms with Gasteiger partial charge in [-0.1, -0.05) is 12.5 Å². The quantitative estimate of drug-likeness (QED) is 0.715. The Bertz CT molecular complexity index is 345. The normalized spacial score (nSPS) is 33.0. The van der Waals surface area contributed by atoms with Gasteiger partial charge in [-0.05, 0) is 37.0 Å². The van der Waals surface area contributed by atoms with Gasteiger partial charge in [0.1, 0.15) is 0 Å². The Labute approximate surface area is 94.0 Å². The average molecular weight is 224 g/mol. The van der Waals surface area contributed by atoms with E-state index in [0.29, 0.717) is 11.8 Å². The first-order valence-corrected chi connectivity index (χ1v) is 5.72. The van der Waals surface area contributed by atoms with Crippen molar-refractivity contribution in [1.82, 2.24) is 0 Å². The van der Waals surface area contributed by atoms with Gasteiger partial charge in [-0.15, -0.1) is 0 Å². The maximum Gasteiger partial charge on any atom is 0.331 e. The first-order valence-electron chi connectivity index (χ1n) is 5.72. The zero-order chi connectivity index (χ0) is 11.7. The number of rotatable bonds is 4. The second kappa shape index (κ2) is 4.28. The minimum atomic E-state index is -1.09. The minimum Gasteiger partial charge on any atom is -0.481 e. The van der Waals surface area contributed by atoms with Crippen LogP contribution >= 0.6 is 0 Å². The van der Waals surface area contributed by atoms with Crippen molar-refractivity contribution in [3.63, 3.8) is 0 Å². The van der Waals surface area contributed by atoms with E-state index in [-0.39, 0.29) is 12.0 Å². The predicted molar refractivity (Wildman–Crippen MR) is 56.9 cm³/mol. The molecule has 0 aromatic rings. The number of allylic oxidation sites excluding steroid dienone is 1. The summed E-state index contributed by atoms with van der Waals surface area (Å²) in [5.74, 6) is -0.537. The molecule has 3 unspecified atom stereocenters. The molecule has 16 heavy (non-hydrogen) atoms. The molecular weight excluding hydrogens is 208 g/mol. The molecule has 2 N–H and O–H groups in total. The van der Waals surface area contributed by atoms with E-state index in [2.05, 4.69) is 0 Å². The summed E-state index contributed by atoms with van der Waals surface area (Å²) in [5.41, 5.74) is 0.0463. The Morgan fingerprint density at radius 2 is 1.94 bits per heavy atom. The monoisotopic (exact) mass is 224 g/mol. The van der Waals surface area contributed by atoms with Crippen molar-refractivity contribution in [2.75, 3.05) is 0 Å². The number of carboxylic acids is 2. The highest BCUT2D eigenvalue weighted by atomic mass is 16.4. The van der Waals surface area contributed by atoms with Gasteiger partial charge >= 0.3 is 11.9 Å². The largest absolute Gasteiger partial charge is 0.481 e. The van der Waals surface area contributed by atoms with Gasteiger partial charge in [-0.2, -0.15) is 0 Å². The summed E-state index contributed by atoms with van der Waals surface area (Å²) in [6.07, 6.45) is 5.99.